The van der Waals surface area contributed by atoms with Crippen LogP contribution in [0.3, 0.4) is 0 Å². The summed E-state index contributed by atoms with van der Waals surface area (Å²) in [6.45, 7) is 4.20. The van der Waals surface area contributed by atoms with Gasteiger partial charge in [0, 0.05) is 50.4 Å². The van der Waals surface area contributed by atoms with Gasteiger partial charge in [0.15, 0.2) is 5.82 Å². The van der Waals surface area contributed by atoms with Gasteiger partial charge in [0.05, 0.1) is 5.69 Å². The van der Waals surface area contributed by atoms with Crippen molar-refractivity contribution >= 4 is 23.3 Å². The van der Waals surface area contributed by atoms with Crippen molar-refractivity contribution in [3.8, 4) is 11.3 Å². The molecule has 0 atom stereocenters. The molecule has 0 saturated carbocycles. The van der Waals surface area contributed by atoms with E-state index in [1.807, 2.05) is 41.3 Å². The van der Waals surface area contributed by atoms with Gasteiger partial charge < -0.3 is 15.1 Å². The van der Waals surface area contributed by atoms with Gasteiger partial charge in [0.1, 0.15) is 0 Å². The lowest BCUT2D eigenvalue weighted by atomic mass is 10.1. The number of anilines is 2. The van der Waals surface area contributed by atoms with E-state index in [4.69, 9.17) is 0 Å². The molecular formula is C22H23N5O2. The summed E-state index contributed by atoms with van der Waals surface area (Å²) < 4.78 is 0. The van der Waals surface area contributed by atoms with Crippen molar-refractivity contribution in [1.82, 2.24) is 15.1 Å². The average Bonchev–Trinajstić information content (AvgIpc) is 3.24. The van der Waals surface area contributed by atoms with Crippen LogP contribution in [0.15, 0.2) is 60.7 Å². The topological polar surface area (TPSA) is 81.3 Å². The molecule has 1 fully saturated rings. The molecular weight excluding hydrogens is 366 g/mol. The maximum atomic E-state index is 12.8. The van der Waals surface area contributed by atoms with Crippen molar-refractivity contribution in [2.24, 2.45) is 0 Å². The minimum atomic E-state index is -0.131. The first kappa shape index (κ1) is 18.7. The third kappa shape index (κ3) is 4.29. The number of H-pyrrole nitrogens is 1. The first-order chi connectivity index (χ1) is 14.1. The van der Waals surface area contributed by atoms with E-state index in [1.165, 1.54) is 6.92 Å². The zero-order chi connectivity index (χ0) is 20.2. The standard InChI is InChI=1S/C22H23N5O2/c1-16(28)23-19-9-7-18(8-10-19)22(29)27-13-11-26(12-14-27)21-15-20(24-25-21)17-5-3-2-4-6-17/h2-10,15H,11-14H2,1H3,(H,23,28)(H,24,25). The lowest BCUT2D eigenvalue weighted by Crippen LogP contribution is -2.48. The Hall–Kier alpha value is -3.61. The Morgan fingerprint density at radius 2 is 1.66 bits per heavy atom. The predicted molar refractivity (Wildman–Crippen MR) is 113 cm³/mol. The summed E-state index contributed by atoms with van der Waals surface area (Å²) in [6, 6.07) is 19.1. The fraction of sp³-hybridized carbons (Fsp3) is 0.227. The van der Waals surface area contributed by atoms with E-state index in [0.29, 0.717) is 24.3 Å². The Bertz CT molecular complexity index is 990. The number of nitrogens with one attached hydrogen (secondary N) is 2. The van der Waals surface area contributed by atoms with Gasteiger partial charge in [-0.3, -0.25) is 14.7 Å². The first-order valence-corrected chi connectivity index (χ1v) is 9.63. The van der Waals surface area contributed by atoms with Crippen molar-refractivity contribution in [1.29, 1.82) is 0 Å². The van der Waals surface area contributed by atoms with Crippen molar-refractivity contribution in [3.05, 3.63) is 66.2 Å². The summed E-state index contributed by atoms with van der Waals surface area (Å²) in [5.74, 6) is 0.774. The fourth-order valence-electron chi connectivity index (χ4n) is 3.46. The number of nitrogens with zero attached hydrogens (tertiary/aromatic N) is 3. The molecule has 29 heavy (non-hydrogen) atoms. The summed E-state index contributed by atoms with van der Waals surface area (Å²) >= 11 is 0. The van der Waals surface area contributed by atoms with Crippen LogP contribution in [0.4, 0.5) is 11.5 Å². The smallest absolute Gasteiger partial charge is 0.253 e. The minimum absolute atomic E-state index is 0.00558. The zero-order valence-electron chi connectivity index (χ0n) is 16.3. The summed E-state index contributed by atoms with van der Waals surface area (Å²) in [5.41, 5.74) is 3.39. The quantitative estimate of drug-likeness (QED) is 0.719. The Balaban J connectivity index is 1.36. The van der Waals surface area contributed by atoms with Crippen molar-refractivity contribution in [2.75, 3.05) is 36.4 Å². The van der Waals surface area contributed by atoms with Crippen molar-refractivity contribution < 1.29 is 9.59 Å². The molecule has 3 aromatic rings. The number of carbonyl (C=O) groups excluding carboxylic acids is 2. The third-order valence-electron chi connectivity index (χ3n) is 4.99. The molecule has 1 saturated heterocycles. The van der Waals surface area contributed by atoms with Crippen LogP contribution in [0.5, 0.6) is 0 Å². The molecule has 0 spiro atoms. The van der Waals surface area contributed by atoms with Gasteiger partial charge >= 0.3 is 0 Å². The van der Waals surface area contributed by atoms with Crippen molar-refractivity contribution in [2.45, 2.75) is 6.92 Å². The van der Waals surface area contributed by atoms with Gasteiger partial charge in [-0.25, -0.2) is 0 Å². The van der Waals surface area contributed by atoms with Crippen LogP contribution in [0.2, 0.25) is 0 Å². The number of carbonyl (C=O) groups is 2. The van der Waals surface area contributed by atoms with Crippen LogP contribution in [-0.4, -0.2) is 53.1 Å². The zero-order valence-corrected chi connectivity index (χ0v) is 16.3. The molecule has 0 aliphatic carbocycles. The first-order valence-electron chi connectivity index (χ1n) is 9.63. The number of aromatic nitrogens is 2. The van der Waals surface area contributed by atoms with Gasteiger partial charge in [-0.1, -0.05) is 30.3 Å². The molecule has 1 aliphatic rings. The number of aromatic amines is 1. The highest BCUT2D eigenvalue weighted by molar-refractivity contribution is 5.95. The number of hydrogen-bond acceptors (Lipinski definition) is 4. The summed E-state index contributed by atoms with van der Waals surface area (Å²) in [7, 11) is 0. The molecule has 148 valence electrons. The summed E-state index contributed by atoms with van der Waals surface area (Å²) in [6.07, 6.45) is 0. The lowest BCUT2D eigenvalue weighted by Gasteiger charge is -2.34. The summed E-state index contributed by atoms with van der Waals surface area (Å²) in [5, 5.41) is 10.2. The van der Waals surface area contributed by atoms with Crippen molar-refractivity contribution in [3.63, 3.8) is 0 Å². The van der Waals surface area contributed by atoms with Gasteiger partial charge in [-0.15, -0.1) is 0 Å². The van der Waals surface area contributed by atoms with E-state index in [1.54, 1.807) is 24.3 Å². The molecule has 2 N–H and O–H groups in total. The maximum absolute atomic E-state index is 12.8. The molecule has 0 unspecified atom stereocenters. The van der Waals surface area contributed by atoms with Crippen LogP contribution in [0.1, 0.15) is 17.3 Å². The second kappa shape index (κ2) is 8.18. The number of hydrogen-bond donors (Lipinski definition) is 2. The van der Waals surface area contributed by atoms with Gasteiger partial charge in [0.2, 0.25) is 5.91 Å². The second-order valence-corrected chi connectivity index (χ2v) is 7.04. The van der Waals surface area contributed by atoms with Crippen LogP contribution >= 0.6 is 0 Å². The van der Waals surface area contributed by atoms with E-state index in [0.717, 1.165) is 30.2 Å². The van der Waals surface area contributed by atoms with E-state index >= 15 is 0 Å². The third-order valence-corrected chi connectivity index (χ3v) is 4.99. The van der Waals surface area contributed by atoms with Crippen LogP contribution < -0.4 is 10.2 Å². The predicted octanol–water partition coefficient (Wildman–Crippen LogP) is 3.00. The molecule has 4 rings (SSSR count). The van der Waals surface area contributed by atoms with Crippen LogP contribution in [0.25, 0.3) is 11.3 Å². The molecule has 1 aliphatic heterocycles. The molecule has 0 radical (unpaired) electrons. The average molecular weight is 389 g/mol. The molecule has 2 aromatic carbocycles. The highest BCUT2D eigenvalue weighted by atomic mass is 16.2. The second-order valence-electron chi connectivity index (χ2n) is 7.04. The molecule has 7 nitrogen and oxygen atoms in total. The van der Waals surface area contributed by atoms with E-state index in [-0.39, 0.29) is 11.8 Å². The Morgan fingerprint density at radius 3 is 2.31 bits per heavy atom. The van der Waals surface area contributed by atoms with E-state index in [2.05, 4.69) is 20.4 Å². The normalized spacial score (nSPS) is 14.0. The van der Waals surface area contributed by atoms with Gasteiger partial charge in [-0.05, 0) is 29.8 Å². The van der Waals surface area contributed by atoms with Crippen LogP contribution in [0, 0.1) is 0 Å². The number of piperazine rings is 1. The fourth-order valence-corrected chi connectivity index (χ4v) is 3.46. The molecule has 1 aromatic heterocycles. The van der Waals surface area contributed by atoms with Gasteiger partial charge in [-0.2, -0.15) is 5.10 Å². The maximum Gasteiger partial charge on any atom is 0.253 e. The highest BCUT2D eigenvalue weighted by Crippen LogP contribution is 2.23. The number of benzene rings is 2. The highest BCUT2D eigenvalue weighted by Gasteiger charge is 2.23. The van der Waals surface area contributed by atoms with Gasteiger partial charge in [0.25, 0.3) is 5.91 Å². The lowest BCUT2D eigenvalue weighted by molar-refractivity contribution is -0.114. The molecule has 2 heterocycles. The Labute approximate surface area is 169 Å². The van der Waals surface area contributed by atoms with E-state index < -0.39 is 0 Å². The SMILES string of the molecule is CC(=O)Nc1ccc(C(=O)N2CCN(c3cc(-c4ccccc4)[nH]n3)CC2)cc1. The number of rotatable bonds is 4. The Morgan fingerprint density at radius 1 is 0.966 bits per heavy atom. The minimum Gasteiger partial charge on any atom is -0.352 e. The number of amides is 2. The Kier molecular flexibility index (Phi) is 5.29. The monoisotopic (exact) mass is 389 g/mol. The molecule has 0 bridgehead atoms. The molecule has 7 heteroatoms. The summed E-state index contributed by atoms with van der Waals surface area (Å²) in [4.78, 5) is 27.9. The van der Waals surface area contributed by atoms with E-state index in [9.17, 15) is 9.59 Å². The molecule has 2 amide bonds. The van der Waals surface area contributed by atoms with Crippen LogP contribution in [-0.2, 0) is 4.79 Å². The largest absolute Gasteiger partial charge is 0.352 e.